The van der Waals surface area contributed by atoms with Crippen LogP contribution in [0.3, 0.4) is 0 Å². The Labute approximate surface area is 126 Å². The van der Waals surface area contributed by atoms with Gasteiger partial charge in [-0.05, 0) is 63.3 Å². The van der Waals surface area contributed by atoms with E-state index in [9.17, 15) is 0 Å². The number of rotatable bonds is 3. The molecule has 3 nitrogen and oxygen atoms in total. The van der Waals surface area contributed by atoms with Crippen molar-refractivity contribution in [1.29, 1.82) is 0 Å². The summed E-state index contributed by atoms with van der Waals surface area (Å²) in [5, 5.41) is 0. The van der Waals surface area contributed by atoms with E-state index in [2.05, 4.69) is 49.4 Å². The number of aromatic amines is 1. The Morgan fingerprint density at radius 3 is 2.84 bits per heavy atom. The molecule has 1 N–H and O–H groups in total. The Morgan fingerprint density at radius 1 is 1.37 bits per heavy atom. The van der Waals surface area contributed by atoms with Crippen molar-refractivity contribution >= 4 is 39.2 Å². The van der Waals surface area contributed by atoms with Crippen LogP contribution in [-0.4, -0.2) is 33.6 Å². The first kappa shape index (κ1) is 13.3. The van der Waals surface area contributed by atoms with Gasteiger partial charge in [-0.1, -0.05) is 15.9 Å². The van der Waals surface area contributed by atoms with Crippen LogP contribution in [0.1, 0.15) is 19.8 Å². The minimum absolute atomic E-state index is 0.534. The number of aromatic nitrogens is 2. The highest BCUT2D eigenvalue weighted by Gasteiger charge is 2.19. The molecule has 1 aromatic carbocycles. The molecule has 1 fully saturated rings. The van der Waals surface area contributed by atoms with Gasteiger partial charge in [0.05, 0.1) is 11.0 Å². The Kier molecular flexibility index (Phi) is 3.78. The smallest absolute Gasteiger partial charge is 0.178 e. The van der Waals surface area contributed by atoms with E-state index in [0.29, 0.717) is 6.04 Å². The van der Waals surface area contributed by atoms with Crippen LogP contribution in [0.15, 0.2) is 22.7 Å². The van der Waals surface area contributed by atoms with Crippen LogP contribution in [0.2, 0.25) is 0 Å². The summed E-state index contributed by atoms with van der Waals surface area (Å²) in [6.07, 6.45) is 2.66. The summed E-state index contributed by atoms with van der Waals surface area (Å²) in [5.74, 6) is 0. The molecule has 1 aliphatic heterocycles. The van der Waals surface area contributed by atoms with E-state index in [1.807, 2.05) is 6.07 Å². The molecule has 5 heteroatoms. The van der Waals surface area contributed by atoms with Crippen molar-refractivity contribution in [3.8, 4) is 0 Å². The maximum Gasteiger partial charge on any atom is 0.178 e. The molecule has 0 spiro atoms. The highest BCUT2D eigenvalue weighted by molar-refractivity contribution is 9.10. The average molecular weight is 340 g/mol. The Balaban J connectivity index is 1.93. The summed E-state index contributed by atoms with van der Waals surface area (Å²) in [7, 11) is 0. The van der Waals surface area contributed by atoms with Gasteiger partial charge in [0.25, 0.3) is 0 Å². The van der Waals surface area contributed by atoms with Crippen molar-refractivity contribution in [3.63, 3.8) is 0 Å². The highest BCUT2D eigenvalue weighted by Crippen LogP contribution is 2.21. The second-order valence-corrected chi connectivity index (χ2v) is 6.60. The molecular formula is C14H18BrN3S. The minimum atomic E-state index is 0.534. The van der Waals surface area contributed by atoms with Crippen LogP contribution in [-0.2, 0) is 6.54 Å². The van der Waals surface area contributed by atoms with E-state index in [-0.39, 0.29) is 0 Å². The molecular weight excluding hydrogens is 322 g/mol. The summed E-state index contributed by atoms with van der Waals surface area (Å²) >= 11 is 9.00. The molecule has 1 aromatic heterocycles. The molecule has 1 saturated heterocycles. The van der Waals surface area contributed by atoms with Gasteiger partial charge in [-0.15, -0.1) is 0 Å². The number of hydrogen-bond acceptors (Lipinski definition) is 2. The molecule has 0 saturated carbocycles. The van der Waals surface area contributed by atoms with E-state index in [1.54, 1.807) is 0 Å². The summed E-state index contributed by atoms with van der Waals surface area (Å²) in [5.41, 5.74) is 2.30. The van der Waals surface area contributed by atoms with Gasteiger partial charge < -0.3 is 9.55 Å². The van der Waals surface area contributed by atoms with Crippen LogP contribution in [0.4, 0.5) is 0 Å². The number of imidazole rings is 1. The van der Waals surface area contributed by atoms with E-state index in [0.717, 1.165) is 21.3 Å². The topological polar surface area (TPSA) is 24.0 Å². The van der Waals surface area contributed by atoms with Crippen LogP contribution < -0.4 is 0 Å². The van der Waals surface area contributed by atoms with Gasteiger partial charge in [-0.25, -0.2) is 0 Å². The molecule has 102 valence electrons. The van der Waals surface area contributed by atoms with Gasteiger partial charge in [-0.2, -0.15) is 0 Å². The SMILES string of the molecule is CC(Cn1c(=S)[nH]c2ccc(Br)cc21)N1CCCC1. The number of hydrogen-bond donors (Lipinski definition) is 1. The van der Waals surface area contributed by atoms with Crippen LogP contribution in [0.25, 0.3) is 11.0 Å². The van der Waals surface area contributed by atoms with Crippen LogP contribution in [0, 0.1) is 4.77 Å². The van der Waals surface area contributed by atoms with Gasteiger partial charge in [-0.3, -0.25) is 4.90 Å². The van der Waals surface area contributed by atoms with Crippen molar-refractivity contribution in [2.75, 3.05) is 13.1 Å². The molecule has 0 radical (unpaired) electrons. The first-order valence-electron chi connectivity index (χ1n) is 6.77. The van der Waals surface area contributed by atoms with Gasteiger partial charge >= 0.3 is 0 Å². The van der Waals surface area contributed by atoms with Gasteiger partial charge in [0.1, 0.15) is 0 Å². The monoisotopic (exact) mass is 339 g/mol. The second-order valence-electron chi connectivity index (χ2n) is 5.29. The lowest BCUT2D eigenvalue weighted by molar-refractivity contribution is 0.237. The number of fused-ring (bicyclic) bond motifs is 1. The summed E-state index contributed by atoms with van der Waals surface area (Å²) in [6, 6.07) is 6.79. The number of likely N-dealkylation sites (tertiary alicyclic amines) is 1. The van der Waals surface area contributed by atoms with E-state index < -0.39 is 0 Å². The third-order valence-corrected chi connectivity index (χ3v) is 4.76. The molecule has 2 aromatic rings. The lowest BCUT2D eigenvalue weighted by Crippen LogP contribution is -2.33. The number of nitrogens with zero attached hydrogens (tertiary/aromatic N) is 2. The normalized spacial score (nSPS) is 18.2. The number of halogens is 1. The van der Waals surface area contributed by atoms with E-state index >= 15 is 0 Å². The number of nitrogens with one attached hydrogen (secondary N) is 1. The zero-order valence-corrected chi connectivity index (χ0v) is 13.4. The molecule has 0 aliphatic carbocycles. The maximum atomic E-state index is 5.46. The Morgan fingerprint density at radius 2 is 2.11 bits per heavy atom. The van der Waals surface area contributed by atoms with E-state index in [4.69, 9.17) is 12.2 Å². The second kappa shape index (κ2) is 5.38. The zero-order chi connectivity index (χ0) is 13.4. The molecule has 1 atom stereocenters. The molecule has 0 bridgehead atoms. The highest BCUT2D eigenvalue weighted by atomic mass is 79.9. The maximum absolute atomic E-state index is 5.46. The van der Waals surface area contributed by atoms with Crippen molar-refractivity contribution in [2.45, 2.75) is 32.4 Å². The first-order valence-corrected chi connectivity index (χ1v) is 7.97. The zero-order valence-electron chi connectivity index (χ0n) is 11.0. The predicted octanol–water partition coefficient (Wildman–Crippen LogP) is 3.95. The molecule has 3 rings (SSSR count). The van der Waals surface area contributed by atoms with Crippen molar-refractivity contribution in [3.05, 3.63) is 27.4 Å². The lowest BCUT2D eigenvalue weighted by Gasteiger charge is -2.24. The quantitative estimate of drug-likeness (QED) is 0.856. The molecule has 1 aliphatic rings. The summed E-state index contributed by atoms with van der Waals surface area (Å²) in [4.78, 5) is 5.84. The third kappa shape index (κ3) is 2.64. The van der Waals surface area contributed by atoms with Gasteiger partial charge in [0.2, 0.25) is 0 Å². The van der Waals surface area contributed by atoms with E-state index in [1.165, 1.54) is 31.4 Å². The fourth-order valence-corrected chi connectivity index (χ4v) is 3.50. The largest absolute Gasteiger partial charge is 0.331 e. The van der Waals surface area contributed by atoms with Crippen LogP contribution >= 0.6 is 28.1 Å². The third-order valence-electron chi connectivity index (χ3n) is 3.95. The number of H-pyrrole nitrogens is 1. The fourth-order valence-electron chi connectivity index (χ4n) is 2.87. The fraction of sp³-hybridized carbons (Fsp3) is 0.500. The lowest BCUT2D eigenvalue weighted by atomic mass is 10.2. The molecule has 19 heavy (non-hydrogen) atoms. The van der Waals surface area contributed by atoms with Gasteiger partial charge in [0.15, 0.2) is 4.77 Å². The van der Waals surface area contributed by atoms with Crippen LogP contribution in [0.5, 0.6) is 0 Å². The Bertz CT molecular complexity index is 640. The van der Waals surface area contributed by atoms with Crippen molar-refractivity contribution in [2.24, 2.45) is 0 Å². The Hall–Kier alpha value is -0.650. The first-order chi connectivity index (χ1) is 9.15. The minimum Gasteiger partial charge on any atom is -0.331 e. The molecule has 0 amide bonds. The number of benzene rings is 1. The molecule has 2 heterocycles. The predicted molar refractivity (Wildman–Crippen MR) is 85.1 cm³/mol. The average Bonchev–Trinajstić information content (AvgIpc) is 2.99. The summed E-state index contributed by atoms with van der Waals surface area (Å²) < 4.78 is 4.13. The summed E-state index contributed by atoms with van der Waals surface area (Å²) in [6.45, 7) is 5.69. The van der Waals surface area contributed by atoms with Crippen molar-refractivity contribution in [1.82, 2.24) is 14.5 Å². The molecule has 1 unspecified atom stereocenters. The van der Waals surface area contributed by atoms with Crippen molar-refractivity contribution < 1.29 is 0 Å². The van der Waals surface area contributed by atoms with Gasteiger partial charge in [0, 0.05) is 17.1 Å². The standard InChI is InChI=1S/C14H18BrN3S/c1-10(17-6-2-3-7-17)9-18-13-8-11(15)4-5-12(13)16-14(18)19/h4-5,8,10H,2-3,6-7,9H2,1H3,(H,16,19).